The average molecular weight is 400 g/mol. The second-order valence-corrected chi connectivity index (χ2v) is 9.73. The number of benzene rings is 2. The van der Waals surface area contributed by atoms with E-state index < -0.39 is 0 Å². The Morgan fingerprint density at radius 2 is 1.38 bits per heavy atom. The molecular formula is C27H29NS. The van der Waals surface area contributed by atoms with Crippen LogP contribution in [0.15, 0.2) is 54.6 Å². The number of pyridine rings is 1. The number of fused-ring (bicyclic) bond motifs is 1. The van der Waals surface area contributed by atoms with Crippen molar-refractivity contribution in [1.82, 2.24) is 4.98 Å². The molecule has 0 spiro atoms. The molecule has 1 nitrogen and oxygen atoms in total. The van der Waals surface area contributed by atoms with Crippen LogP contribution >= 0.6 is 11.3 Å². The minimum atomic E-state index is 0.493. The highest BCUT2D eigenvalue weighted by Crippen LogP contribution is 2.41. The third-order valence-corrected chi connectivity index (χ3v) is 6.58. The Balaban J connectivity index is 1.88. The van der Waals surface area contributed by atoms with Crippen molar-refractivity contribution in [2.75, 3.05) is 0 Å². The summed E-state index contributed by atoms with van der Waals surface area (Å²) >= 11 is 1.82. The highest BCUT2D eigenvalue weighted by atomic mass is 32.1. The maximum atomic E-state index is 5.04. The van der Waals surface area contributed by atoms with E-state index in [1.54, 1.807) is 0 Å². The van der Waals surface area contributed by atoms with Gasteiger partial charge in [-0.3, -0.25) is 0 Å². The number of aromatic nitrogens is 1. The van der Waals surface area contributed by atoms with Crippen LogP contribution in [-0.2, 0) is 0 Å². The van der Waals surface area contributed by atoms with Crippen molar-refractivity contribution in [2.45, 2.75) is 53.4 Å². The van der Waals surface area contributed by atoms with Crippen molar-refractivity contribution >= 4 is 21.6 Å². The van der Waals surface area contributed by atoms with E-state index in [1.807, 2.05) is 11.3 Å². The molecule has 0 fully saturated rings. The summed E-state index contributed by atoms with van der Waals surface area (Å²) in [5, 5.41) is 1.23. The standard InChI is InChI=1S/C27H29NS/c1-16(2)22-8-7-9-23(17(3)4)26(22)25-15-20-10-11-24(28-27(20)29-25)21-13-18(5)12-19(6)14-21/h7-17H,1-6H3. The summed E-state index contributed by atoms with van der Waals surface area (Å²) in [5.74, 6) is 0.986. The Labute approximate surface area is 178 Å². The molecule has 2 heterocycles. The van der Waals surface area contributed by atoms with Crippen LogP contribution in [0.1, 0.15) is 61.8 Å². The van der Waals surface area contributed by atoms with Crippen LogP contribution in [0, 0.1) is 13.8 Å². The molecule has 2 aromatic carbocycles. The molecule has 4 aromatic rings. The Hall–Kier alpha value is -2.45. The predicted octanol–water partition coefficient (Wildman–Crippen LogP) is 8.49. The van der Waals surface area contributed by atoms with Gasteiger partial charge in [-0.05, 0) is 72.7 Å². The summed E-state index contributed by atoms with van der Waals surface area (Å²) in [6.45, 7) is 13.4. The maximum absolute atomic E-state index is 5.04. The van der Waals surface area contributed by atoms with Crippen LogP contribution in [0.3, 0.4) is 0 Å². The molecule has 0 atom stereocenters. The molecule has 4 rings (SSSR count). The first-order chi connectivity index (χ1) is 13.8. The van der Waals surface area contributed by atoms with Crippen LogP contribution in [-0.4, -0.2) is 4.98 Å². The third-order valence-electron chi connectivity index (χ3n) is 5.52. The quantitative estimate of drug-likeness (QED) is 0.335. The first-order valence-corrected chi connectivity index (χ1v) is 11.3. The molecule has 2 heteroatoms. The van der Waals surface area contributed by atoms with Crippen molar-refractivity contribution in [3.8, 4) is 21.7 Å². The normalized spacial score (nSPS) is 11.7. The lowest BCUT2D eigenvalue weighted by molar-refractivity contribution is 0.839. The van der Waals surface area contributed by atoms with E-state index >= 15 is 0 Å². The topological polar surface area (TPSA) is 12.9 Å². The molecule has 2 aromatic heterocycles. The number of nitrogens with zero attached hydrogens (tertiary/aromatic N) is 1. The van der Waals surface area contributed by atoms with Crippen LogP contribution in [0.2, 0.25) is 0 Å². The van der Waals surface area contributed by atoms with Crippen LogP contribution in [0.4, 0.5) is 0 Å². The number of hydrogen-bond donors (Lipinski definition) is 0. The van der Waals surface area contributed by atoms with E-state index in [2.05, 4.69) is 96.1 Å². The maximum Gasteiger partial charge on any atom is 0.124 e. The first-order valence-electron chi connectivity index (χ1n) is 10.5. The number of thiophene rings is 1. The minimum absolute atomic E-state index is 0.493. The van der Waals surface area contributed by atoms with Gasteiger partial charge in [0, 0.05) is 15.8 Å². The van der Waals surface area contributed by atoms with Crippen molar-refractivity contribution in [3.05, 3.63) is 76.9 Å². The molecule has 0 bridgehead atoms. The van der Waals surface area contributed by atoms with E-state index in [0.717, 1.165) is 10.5 Å². The highest BCUT2D eigenvalue weighted by molar-refractivity contribution is 7.21. The van der Waals surface area contributed by atoms with Crippen molar-refractivity contribution in [3.63, 3.8) is 0 Å². The largest absolute Gasteiger partial charge is 0.237 e. The van der Waals surface area contributed by atoms with Gasteiger partial charge in [-0.1, -0.05) is 63.1 Å². The number of hydrogen-bond acceptors (Lipinski definition) is 2. The third kappa shape index (κ3) is 3.86. The van der Waals surface area contributed by atoms with E-state index in [9.17, 15) is 0 Å². The van der Waals surface area contributed by atoms with Crippen molar-refractivity contribution in [2.24, 2.45) is 0 Å². The first kappa shape index (κ1) is 19.8. The van der Waals surface area contributed by atoms with E-state index in [-0.39, 0.29) is 0 Å². The number of aryl methyl sites for hydroxylation is 2. The zero-order chi connectivity index (χ0) is 20.7. The SMILES string of the molecule is Cc1cc(C)cc(-c2ccc3cc(-c4c(C(C)C)cccc4C(C)C)sc3n2)c1. The summed E-state index contributed by atoms with van der Waals surface area (Å²) < 4.78 is 0. The smallest absolute Gasteiger partial charge is 0.124 e. The van der Waals surface area contributed by atoms with E-state index in [1.165, 1.54) is 43.6 Å². The highest BCUT2D eigenvalue weighted by Gasteiger charge is 2.18. The Morgan fingerprint density at radius 3 is 1.97 bits per heavy atom. The fourth-order valence-corrected chi connectivity index (χ4v) is 5.28. The van der Waals surface area contributed by atoms with Gasteiger partial charge >= 0.3 is 0 Å². The van der Waals surface area contributed by atoms with E-state index in [4.69, 9.17) is 4.98 Å². The second-order valence-electron chi connectivity index (χ2n) is 8.70. The molecule has 0 amide bonds. The molecular weight excluding hydrogens is 370 g/mol. The Bertz CT molecular complexity index is 1130. The van der Waals surface area contributed by atoms with Gasteiger partial charge in [0.05, 0.1) is 5.69 Å². The Kier molecular flexibility index (Phi) is 5.31. The molecule has 0 aliphatic rings. The van der Waals surface area contributed by atoms with Gasteiger partial charge in [-0.2, -0.15) is 0 Å². The van der Waals surface area contributed by atoms with Gasteiger partial charge < -0.3 is 0 Å². The minimum Gasteiger partial charge on any atom is -0.237 e. The molecule has 0 radical (unpaired) electrons. The lowest BCUT2D eigenvalue weighted by Crippen LogP contribution is -1.98. The molecule has 0 saturated heterocycles. The van der Waals surface area contributed by atoms with Gasteiger partial charge in [0.15, 0.2) is 0 Å². The van der Waals surface area contributed by atoms with Crippen molar-refractivity contribution < 1.29 is 0 Å². The molecule has 0 aliphatic carbocycles. The zero-order valence-corrected chi connectivity index (χ0v) is 19.0. The predicted molar refractivity (Wildman–Crippen MR) is 128 cm³/mol. The molecule has 0 aliphatic heterocycles. The van der Waals surface area contributed by atoms with Crippen LogP contribution in [0.5, 0.6) is 0 Å². The molecule has 148 valence electrons. The van der Waals surface area contributed by atoms with Gasteiger partial charge in [0.25, 0.3) is 0 Å². The lowest BCUT2D eigenvalue weighted by atomic mass is 9.88. The van der Waals surface area contributed by atoms with Crippen LogP contribution in [0.25, 0.3) is 31.9 Å². The molecule has 0 unspecified atom stereocenters. The van der Waals surface area contributed by atoms with Gasteiger partial charge in [-0.25, -0.2) is 4.98 Å². The fourth-order valence-electron chi connectivity index (χ4n) is 4.16. The van der Waals surface area contributed by atoms with Crippen molar-refractivity contribution in [1.29, 1.82) is 0 Å². The lowest BCUT2D eigenvalue weighted by Gasteiger charge is -2.18. The monoisotopic (exact) mass is 399 g/mol. The summed E-state index contributed by atoms with van der Waals surface area (Å²) in [6, 6.07) is 20.1. The summed E-state index contributed by atoms with van der Waals surface area (Å²) in [7, 11) is 0. The summed E-state index contributed by atoms with van der Waals surface area (Å²) in [5.41, 5.74) is 9.08. The molecule has 0 saturated carbocycles. The van der Waals surface area contributed by atoms with Gasteiger partial charge in [-0.15, -0.1) is 11.3 Å². The van der Waals surface area contributed by atoms with Gasteiger partial charge in [0.2, 0.25) is 0 Å². The zero-order valence-electron chi connectivity index (χ0n) is 18.2. The summed E-state index contributed by atoms with van der Waals surface area (Å²) in [4.78, 5) is 7.49. The number of rotatable bonds is 4. The fraction of sp³-hybridized carbons (Fsp3) is 0.296. The summed E-state index contributed by atoms with van der Waals surface area (Å²) in [6.07, 6.45) is 0. The van der Waals surface area contributed by atoms with Gasteiger partial charge in [0.1, 0.15) is 4.83 Å². The van der Waals surface area contributed by atoms with Crippen LogP contribution < -0.4 is 0 Å². The molecule has 29 heavy (non-hydrogen) atoms. The second kappa shape index (κ2) is 7.76. The average Bonchev–Trinajstić information content (AvgIpc) is 3.09. The van der Waals surface area contributed by atoms with E-state index in [0.29, 0.717) is 11.8 Å². The molecule has 0 N–H and O–H groups in total. The Morgan fingerprint density at radius 1 is 0.759 bits per heavy atom.